The molecule has 0 aliphatic rings. The van der Waals surface area contributed by atoms with Crippen molar-refractivity contribution in [1.82, 2.24) is 15.0 Å². The van der Waals surface area contributed by atoms with E-state index < -0.39 is 0 Å². The highest BCUT2D eigenvalue weighted by Crippen LogP contribution is 2.42. The summed E-state index contributed by atoms with van der Waals surface area (Å²) in [6, 6.07) is 54.1. The third-order valence-electron chi connectivity index (χ3n) is 8.09. The van der Waals surface area contributed by atoms with Crippen LogP contribution >= 0.6 is 0 Å². The van der Waals surface area contributed by atoms with Crippen molar-refractivity contribution in [3.63, 3.8) is 0 Å². The van der Waals surface area contributed by atoms with E-state index in [-0.39, 0.29) is 5.82 Å². The van der Waals surface area contributed by atoms with E-state index in [9.17, 15) is 0 Å². The van der Waals surface area contributed by atoms with Gasteiger partial charge in [-0.3, -0.25) is 0 Å². The molecule has 0 bridgehead atoms. The van der Waals surface area contributed by atoms with Crippen LogP contribution in [0.2, 0.25) is 0 Å². The van der Waals surface area contributed by atoms with E-state index in [0.29, 0.717) is 23.4 Å². The van der Waals surface area contributed by atoms with Gasteiger partial charge in [0.25, 0.3) is 0 Å². The first-order chi connectivity index (χ1) is 23.2. The molecule has 1 heterocycles. The molecule has 7 aromatic rings. The molecule has 0 atom stereocenters. The van der Waals surface area contributed by atoms with E-state index in [1.807, 2.05) is 132 Å². The molecule has 0 N–H and O–H groups in total. The van der Waals surface area contributed by atoms with Gasteiger partial charge in [0.15, 0.2) is 0 Å². The molecule has 0 amide bonds. The molecule has 0 unspecified atom stereocenters. The molecule has 47 heavy (non-hydrogen) atoms. The van der Waals surface area contributed by atoms with Crippen LogP contribution in [0.3, 0.4) is 0 Å². The van der Waals surface area contributed by atoms with Crippen molar-refractivity contribution >= 4 is 23.3 Å². The predicted octanol–water partition coefficient (Wildman–Crippen LogP) is 10.3. The monoisotopic (exact) mass is 609 g/mol. The molecule has 0 radical (unpaired) electrons. The van der Waals surface area contributed by atoms with Gasteiger partial charge in [0, 0.05) is 11.1 Å². The molecule has 6 aromatic carbocycles. The lowest BCUT2D eigenvalue weighted by Crippen LogP contribution is -2.03. The zero-order valence-corrected chi connectivity index (χ0v) is 25.7. The van der Waals surface area contributed by atoms with Crippen molar-refractivity contribution in [3.05, 3.63) is 215 Å². The zero-order chi connectivity index (χ0) is 31.8. The van der Waals surface area contributed by atoms with Gasteiger partial charge in [-0.2, -0.15) is 0 Å². The van der Waals surface area contributed by atoms with Crippen LogP contribution in [0.1, 0.15) is 38.9 Å². The van der Waals surface area contributed by atoms with Gasteiger partial charge in [0.1, 0.15) is 11.5 Å². The summed E-state index contributed by atoms with van der Waals surface area (Å²) in [5.41, 5.74) is 9.35. The van der Waals surface area contributed by atoms with Gasteiger partial charge in [0.2, 0.25) is 0 Å². The average molecular weight is 610 g/mol. The summed E-state index contributed by atoms with van der Waals surface area (Å²) in [5, 5.41) is 9.24. The molecule has 0 saturated carbocycles. The number of benzene rings is 6. The Balaban J connectivity index is 1.52. The van der Waals surface area contributed by atoms with Gasteiger partial charge < -0.3 is 0 Å². The fourth-order valence-electron chi connectivity index (χ4n) is 5.88. The molecule has 7 rings (SSSR count). The van der Waals surface area contributed by atoms with Crippen LogP contribution in [0.4, 0.5) is 4.39 Å². The van der Waals surface area contributed by atoms with Crippen LogP contribution in [-0.2, 0) is 6.54 Å². The summed E-state index contributed by atoms with van der Waals surface area (Å²) >= 11 is 0. The fourth-order valence-corrected chi connectivity index (χ4v) is 5.88. The normalized spacial score (nSPS) is 11.9. The van der Waals surface area contributed by atoms with Gasteiger partial charge in [-0.05, 0) is 62.7 Å². The molecule has 0 saturated heterocycles. The second-order valence-corrected chi connectivity index (χ2v) is 11.3. The Hall–Kier alpha value is -6.13. The summed E-state index contributed by atoms with van der Waals surface area (Å²) in [6.07, 6.45) is 6.14. The van der Waals surface area contributed by atoms with Crippen molar-refractivity contribution < 1.29 is 4.39 Å². The number of nitrogens with zero attached hydrogens (tertiary/aromatic N) is 3. The minimum atomic E-state index is -0.334. The Morgan fingerprint density at radius 3 is 1.62 bits per heavy atom. The summed E-state index contributed by atoms with van der Waals surface area (Å²) in [6.45, 7) is 0.546. The number of hydrogen-bond donors (Lipinski definition) is 0. The molecule has 226 valence electrons. The van der Waals surface area contributed by atoms with E-state index in [2.05, 4.69) is 53.8 Å². The minimum Gasteiger partial charge on any atom is -0.247 e. The first kappa shape index (κ1) is 29.6. The van der Waals surface area contributed by atoms with E-state index in [0.717, 1.165) is 44.5 Å². The molecular weight excluding hydrogens is 577 g/mol. The highest BCUT2D eigenvalue weighted by Gasteiger charge is 2.24. The van der Waals surface area contributed by atoms with E-state index in [1.54, 1.807) is 6.07 Å². The van der Waals surface area contributed by atoms with Gasteiger partial charge in [-0.1, -0.05) is 163 Å². The van der Waals surface area contributed by atoms with E-state index in [4.69, 9.17) is 5.10 Å². The standard InChI is InChI=1S/C43H32FN3/c44-40-27-26-37(38(35-22-12-4-13-23-35)28-32-16-6-1-7-17-32)43(41-31-47(46-45-41)30-34-20-10-3-11-21-34)42(40)39(36-24-14-5-15-25-36)29-33-18-8-2-9-19-33/h1-29,31H,30H2/b38-28+,39-29+. The first-order valence-electron chi connectivity index (χ1n) is 15.6. The van der Waals surface area contributed by atoms with Gasteiger partial charge >= 0.3 is 0 Å². The molecule has 4 heteroatoms. The van der Waals surface area contributed by atoms with E-state index in [1.165, 1.54) is 0 Å². The van der Waals surface area contributed by atoms with Crippen LogP contribution in [0.25, 0.3) is 34.6 Å². The lowest BCUT2D eigenvalue weighted by Gasteiger charge is -2.20. The molecule has 0 aliphatic heterocycles. The molecule has 1 aromatic heterocycles. The highest BCUT2D eigenvalue weighted by atomic mass is 19.1. The maximum atomic E-state index is 16.7. The summed E-state index contributed by atoms with van der Waals surface area (Å²) in [7, 11) is 0. The van der Waals surface area contributed by atoms with Crippen molar-refractivity contribution in [3.8, 4) is 11.3 Å². The van der Waals surface area contributed by atoms with Gasteiger partial charge in [-0.15, -0.1) is 5.10 Å². The number of aromatic nitrogens is 3. The average Bonchev–Trinajstić information content (AvgIpc) is 3.60. The number of halogens is 1. The van der Waals surface area contributed by atoms with E-state index >= 15 is 4.39 Å². The molecule has 3 nitrogen and oxygen atoms in total. The van der Waals surface area contributed by atoms with Crippen molar-refractivity contribution in [1.29, 1.82) is 0 Å². The van der Waals surface area contributed by atoms with Gasteiger partial charge in [-0.25, -0.2) is 9.07 Å². The largest absolute Gasteiger partial charge is 0.247 e. The quantitative estimate of drug-likeness (QED) is 0.153. The summed E-state index contributed by atoms with van der Waals surface area (Å²) in [5.74, 6) is -0.334. The molecule has 0 fully saturated rings. The van der Waals surface area contributed by atoms with Crippen LogP contribution in [0.15, 0.2) is 170 Å². The van der Waals surface area contributed by atoms with Crippen molar-refractivity contribution in [2.75, 3.05) is 0 Å². The third kappa shape index (κ3) is 6.77. The Bertz CT molecular complexity index is 2140. The Morgan fingerprint density at radius 1 is 0.553 bits per heavy atom. The molecule has 0 aliphatic carbocycles. The highest BCUT2D eigenvalue weighted by molar-refractivity contribution is 6.03. The van der Waals surface area contributed by atoms with Crippen LogP contribution in [0.5, 0.6) is 0 Å². The van der Waals surface area contributed by atoms with Gasteiger partial charge in [0.05, 0.1) is 12.7 Å². The SMILES string of the molecule is Fc1ccc(/C(=C/c2ccccc2)c2ccccc2)c(-c2cn(Cc3ccccc3)nn2)c1/C(=C/c1ccccc1)c1ccccc1. The molecular formula is C43H32FN3. The smallest absolute Gasteiger partial charge is 0.131 e. The maximum absolute atomic E-state index is 16.7. The first-order valence-corrected chi connectivity index (χ1v) is 15.6. The lowest BCUT2D eigenvalue weighted by molar-refractivity contribution is 0.624. The topological polar surface area (TPSA) is 30.7 Å². The van der Waals surface area contributed by atoms with Crippen LogP contribution in [-0.4, -0.2) is 15.0 Å². The lowest BCUT2D eigenvalue weighted by atomic mass is 9.84. The fraction of sp³-hybridized carbons (Fsp3) is 0.0233. The maximum Gasteiger partial charge on any atom is 0.131 e. The van der Waals surface area contributed by atoms with Crippen LogP contribution in [0, 0.1) is 5.82 Å². The third-order valence-corrected chi connectivity index (χ3v) is 8.09. The second-order valence-electron chi connectivity index (χ2n) is 11.3. The van der Waals surface area contributed by atoms with Crippen molar-refractivity contribution in [2.45, 2.75) is 6.54 Å². The second kappa shape index (κ2) is 13.9. The zero-order valence-electron chi connectivity index (χ0n) is 25.7. The minimum absolute atomic E-state index is 0.334. The Kier molecular flexibility index (Phi) is 8.74. The van der Waals surface area contributed by atoms with Crippen LogP contribution < -0.4 is 0 Å². The summed E-state index contributed by atoms with van der Waals surface area (Å²) < 4.78 is 18.5. The predicted molar refractivity (Wildman–Crippen MR) is 191 cm³/mol. The Morgan fingerprint density at radius 2 is 1.04 bits per heavy atom. The summed E-state index contributed by atoms with van der Waals surface area (Å²) in [4.78, 5) is 0. The molecule has 0 spiro atoms. The number of rotatable bonds is 9. The number of hydrogen-bond acceptors (Lipinski definition) is 2. The van der Waals surface area contributed by atoms with Crippen molar-refractivity contribution in [2.24, 2.45) is 0 Å². The Labute approximate surface area is 274 Å².